The van der Waals surface area contributed by atoms with E-state index < -0.39 is 0 Å². The second kappa shape index (κ2) is 4.53. The van der Waals surface area contributed by atoms with Crippen molar-refractivity contribution in [3.8, 4) is 17.9 Å². The van der Waals surface area contributed by atoms with Crippen LogP contribution in [0.4, 0.5) is 5.69 Å². The van der Waals surface area contributed by atoms with Crippen LogP contribution in [0.5, 0.6) is 0 Å². The van der Waals surface area contributed by atoms with Crippen molar-refractivity contribution < 1.29 is 5.11 Å². The molecule has 0 heterocycles. The van der Waals surface area contributed by atoms with Gasteiger partial charge < -0.3 is 10.8 Å². The molecule has 0 aliphatic carbocycles. The molecule has 0 aliphatic heterocycles. The third kappa shape index (κ3) is 1.97. The smallest absolute Gasteiger partial charge is 0.104 e. The van der Waals surface area contributed by atoms with Gasteiger partial charge in [-0.25, -0.2) is 0 Å². The van der Waals surface area contributed by atoms with Gasteiger partial charge in [0.1, 0.15) is 12.7 Å². The number of nitrogens with zero attached hydrogens (tertiary/aromatic N) is 1. The number of anilines is 1. The number of rotatable bonds is 0. The molecule has 0 bridgehead atoms. The molecule has 1 aromatic rings. The monoisotopic (exact) mass is 206 g/mol. The zero-order chi connectivity index (χ0) is 10.6. The van der Waals surface area contributed by atoms with E-state index in [4.69, 9.17) is 27.7 Å². The summed E-state index contributed by atoms with van der Waals surface area (Å²) in [6.45, 7) is -0.282. The van der Waals surface area contributed by atoms with E-state index in [2.05, 4.69) is 11.8 Å². The predicted molar refractivity (Wildman–Crippen MR) is 54.5 cm³/mol. The fourth-order valence-electron chi connectivity index (χ4n) is 0.935. The van der Waals surface area contributed by atoms with Gasteiger partial charge in [-0.15, -0.1) is 0 Å². The van der Waals surface area contributed by atoms with Gasteiger partial charge in [0.05, 0.1) is 21.8 Å². The fourth-order valence-corrected chi connectivity index (χ4v) is 1.15. The molecule has 0 aromatic heterocycles. The van der Waals surface area contributed by atoms with Gasteiger partial charge in [-0.05, 0) is 12.1 Å². The quantitative estimate of drug-likeness (QED) is 0.494. The molecular weight excluding hydrogens is 200 g/mol. The van der Waals surface area contributed by atoms with Crippen molar-refractivity contribution in [3.05, 3.63) is 28.3 Å². The number of hydrogen-bond donors (Lipinski definition) is 2. The first-order chi connectivity index (χ1) is 6.70. The molecule has 1 rings (SSSR count). The number of aliphatic hydroxyl groups is 1. The van der Waals surface area contributed by atoms with Gasteiger partial charge in [-0.3, -0.25) is 0 Å². The number of nitriles is 1. The van der Waals surface area contributed by atoms with E-state index in [1.807, 2.05) is 6.07 Å². The summed E-state index contributed by atoms with van der Waals surface area (Å²) in [5, 5.41) is 17.5. The van der Waals surface area contributed by atoms with Crippen LogP contribution >= 0.6 is 11.6 Å². The van der Waals surface area contributed by atoms with E-state index >= 15 is 0 Å². The minimum Gasteiger partial charge on any atom is -0.397 e. The standard InChI is InChI=1S/C10H7ClN2O/c11-10-8(2-1-5-14)7(6-12)3-4-9(10)13/h3-4,14H,5,13H2. The number of aliphatic hydroxyl groups excluding tert-OH is 1. The number of hydrogen-bond acceptors (Lipinski definition) is 3. The number of nitrogen functional groups attached to an aromatic ring is 1. The molecule has 0 atom stereocenters. The summed E-state index contributed by atoms with van der Waals surface area (Å²) in [5.41, 5.74) is 6.63. The van der Waals surface area contributed by atoms with E-state index in [0.29, 0.717) is 16.8 Å². The van der Waals surface area contributed by atoms with Crippen LogP contribution in [0.3, 0.4) is 0 Å². The second-order valence-electron chi connectivity index (χ2n) is 2.46. The summed E-state index contributed by atoms with van der Waals surface area (Å²) in [6.07, 6.45) is 0. The van der Waals surface area contributed by atoms with Crippen LogP contribution in [0.15, 0.2) is 12.1 Å². The molecule has 3 N–H and O–H groups in total. The molecule has 0 saturated heterocycles. The average Bonchev–Trinajstić information content (AvgIpc) is 2.20. The van der Waals surface area contributed by atoms with Gasteiger partial charge in [0.25, 0.3) is 0 Å². The Morgan fingerprint density at radius 1 is 1.50 bits per heavy atom. The first-order valence-electron chi connectivity index (χ1n) is 3.78. The zero-order valence-electron chi connectivity index (χ0n) is 7.21. The molecule has 4 heteroatoms. The van der Waals surface area contributed by atoms with Gasteiger partial charge in [0.15, 0.2) is 0 Å². The Morgan fingerprint density at radius 2 is 2.21 bits per heavy atom. The molecule has 0 amide bonds. The van der Waals surface area contributed by atoms with Crippen LogP contribution in [0.2, 0.25) is 5.02 Å². The molecule has 3 nitrogen and oxygen atoms in total. The molecule has 0 fully saturated rings. The molecule has 0 unspecified atom stereocenters. The van der Waals surface area contributed by atoms with Crippen molar-refractivity contribution >= 4 is 17.3 Å². The first kappa shape index (κ1) is 10.4. The van der Waals surface area contributed by atoms with Crippen molar-refractivity contribution in [2.24, 2.45) is 0 Å². The van der Waals surface area contributed by atoms with Gasteiger partial charge in [0, 0.05) is 0 Å². The topological polar surface area (TPSA) is 70.0 Å². The Labute approximate surface area is 86.7 Å². The highest BCUT2D eigenvalue weighted by Gasteiger charge is 2.07. The molecule has 0 radical (unpaired) electrons. The van der Waals surface area contributed by atoms with Crippen molar-refractivity contribution in [2.45, 2.75) is 0 Å². The molecule has 1 aromatic carbocycles. The Morgan fingerprint density at radius 3 is 2.79 bits per heavy atom. The number of nitrogens with two attached hydrogens (primary N) is 1. The maximum absolute atomic E-state index is 8.75. The first-order valence-corrected chi connectivity index (χ1v) is 4.16. The van der Waals surface area contributed by atoms with Gasteiger partial charge in [-0.2, -0.15) is 5.26 Å². The van der Waals surface area contributed by atoms with Crippen LogP contribution in [0.1, 0.15) is 11.1 Å². The largest absolute Gasteiger partial charge is 0.397 e. The lowest BCUT2D eigenvalue weighted by atomic mass is 10.1. The van der Waals surface area contributed by atoms with E-state index in [1.54, 1.807) is 12.1 Å². The number of benzene rings is 1. The van der Waals surface area contributed by atoms with Crippen molar-refractivity contribution in [1.82, 2.24) is 0 Å². The lowest BCUT2D eigenvalue weighted by Crippen LogP contribution is -1.92. The van der Waals surface area contributed by atoms with Crippen LogP contribution in [0.25, 0.3) is 0 Å². The Bertz CT molecular complexity index is 452. The predicted octanol–water partition coefficient (Wildman–Crippen LogP) is 1.14. The van der Waals surface area contributed by atoms with Gasteiger partial charge in [0.2, 0.25) is 0 Å². The zero-order valence-corrected chi connectivity index (χ0v) is 7.97. The Kier molecular flexibility index (Phi) is 3.36. The van der Waals surface area contributed by atoms with Crippen LogP contribution in [0, 0.1) is 23.2 Å². The molecule has 14 heavy (non-hydrogen) atoms. The Balaban J connectivity index is 3.37. The van der Waals surface area contributed by atoms with Crippen molar-refractivity contribution in [1.29, 1.82) is 5.26 Å². The van der Waals surface area contributed by atoms with Gasteiger partial charge >= 0.3 is 0 Å². The third-order valence-electron chi connectivity index (χ3n) is 1.58. The van der Waals surface area contributed by atoms with Crippen LogP contribution in [-0.2, 0) is 0 Å². The molecule has 0 aliphatic rings. The van der Waals surface area contributed by atoms with Gasteiger partial charge in [-0.1, -0.05) is 23.4 Å². The van der Waals surface area contributed by atoms with E-state index in [-0.39, 0.29) is 11.6 Å². The summed E-state index contributed by atoms with van der Waals surface area (Å²) in [7, 11) is 0. The van der Waals surface area contributed by atoms with Crippen molar-refractivity contribution in [2.75, 3.05) is 12.3 Å². The highest BCUT2D eigenvalue weighted by Crippen LogP contribution is 2.25. The lowest BCUT2D eigenvalue weighted by molar-refractivity contribution is 0.350. The third-order valence-corrected chi connectivity index (χ3v) is 1.99. The number of halogens is 1. The summed E-state index contributed by atoms with van der Waals surface area (Å²) < 4.78 is 0. The summed E-state index contributed by atoms with van der Waals surface area (Å²) >= 11 is 5.85. The average molecular weight is 207 g/mol. The lowest BCUT2D eigenvalue weighted by Gasteiger charge is -2.01. The van der Waals surface area contributed by atoms with E-state index in [1.165, 1.54) is 0 Å². The molecule has 0 spiro atoms. The van der Waals surface area contributed by atoms with E-state index in [0.717, 1.165) is 0 Å². The molecular formula is C10H7ClN2O. The minimum atomic E-state index is -0.282. The summed E-state index contributed by atoms with van der Waals surface area (Å²) in [6, 6.07) is 5.04. The second-order valence-corrected chi connectivity index (χ2v) is 2.84. The maximum Gasteiger partial charge on any atom is 0.104 e. The summed E-state index contributed by atoms with van der Waals surface area (Å²) in [5.74, 6) is 5.01. The molecule has 70 valence electrons. The highest BCUT2D eigenvalue weighted by atomic mass is 35.5. The van der Waals surface area contributed by atoms with E-state index in [9.17, 15) is 0 Å². The summed E-state index contributed by atoms with van der Waals surface area (Å²) in [4.78, 5) is 0. The van der Waals surface area contributed by atoms with Crippen molar-refractivity contribution in [3.63, 3.8) is 0 Å². The maximum atomic E-state index is 8.75. The highest BCUT2D eigenvalue weighted by molar-refractivity contribution is 6.34. The normalized spacial score (nSPS) is 8.64. The minimum absolute atomic E-state index is 0.255. The Hall–Kier alpha value is -1.68. The van der Waals surface area contributed by atoms with Crippen LogP contribution < -0.4 is 5.73 Å². The van der Waals surface area contributed by atoms with Crippen LogP contribution in [-0.4, -0.2) is 11.7 Å². The molecule has 0 saturated carbocycles. The SMILES string of the molecule is N#Cc1ccc(N)c(Cl)c1C#CCO. The fraction of sp³-hybridized carbons (Fsp3) is 0.100.